The van der Waals surface area contributed by atoms with Crippen LogP contribution in [0.4, 0.5) is 4.39 Å². The first-order chi connectivity index (χ1) is 9.22. The Balaban J connectivity index is 1.66. The van der Waals surface area contributed by atoms with Crippen LogP contribution >= 0.6 is 0 Å². The summed E-state index contributed by atoms with van der Waals surface area (Å²) < 4.78 is 18.5. The van der Waals surface area contributed by atoms with Crippen molar-refractivity contribution in [2.45, 2.75) is 38.3 Å². The van der Waals surface area contributed by atoms with Crippen LogP contribution in [0.1, 0.15) is 36.3 Å². The first kappa shape index (κ1) is 12.4. The van der Waals surface area contributed by atoms with Crippen molar-refractivity contribution in [1.29, 1.82) is 0 Å². The van der Waals surface area contributed by atoms with E-state index in [1.54, 1.807) is 18.4 Å². The molecule has 0 bridgehead atoms. The van der Waals surface area contributed by atoms with E-state index in [2.05, 4.69) is 12.2 Å². The lowest BCUT2D eigenvalue weighted by Gasteiger charge is -2.19. The average molecular weight is 259 g/mol. The fourth-order valence-electron chi connectivity index (χ4n) is 2.89. The van der Waals surface area contributed by atoms with E-state index in [4.69, 9.17) is 4.42 Å². The number of nitrogens with one attached hydrogen (secondary N) is 1. The molecule has 1 heterocycles. The van der Waals surface area contributed by atoms with Crippen LogP contribution in [0.3, 0.4) is 0 Å². The first-order valence-corrected chi connectivity index (χ1v) is 6.79. The Hall–Kier alpha value is -1.61. The summed E-state index contributed by atoms with van der Waals surface area (Å²) in [6.45, 7) is 2.16. The summed E-state index contributed by atoms with van der Waals surface area (Å²) in [5, 5.41) is 3.61. The minimum atomic E-state index is -0.136. The molecule has 2 nitrogen and oxygen atoms in total. The van der Waals surface area contributed by atoms with Crippen molar-refractivity contribution in [3.8, 4) is 0 Å². The molecule has 1 aromatic carbocycles. The molecule has 0 saturated carbocycles. The van der Waals surface area contributed by atoms with Crippen LogP contribution in [-0.4, -0.2) is 6.04 Å². The third-order valence-corrected chi connectivity index (χ3v) is 3.76. The highest BCUT2D eigenvalue weighted by molar-refractivity contribution is 5.35. The zero-order valence-corrected chi connectivity index (χ0v) is 11.0. The quantitative estimate of drug-likeness (QED) is 0.907. The van der Waals surface area contributed by atoms with Gasteiger partial charge in [0, 0.05) is 18.5 Å². The van der Waals surface area contributed by atoms with Crippen LogP contribution in [0.2, 0.25) is 0 Å². The zero-order valence-electron chi connectivity index (χ0n) is 11.0. The van der Waals surface area contributed by atoms with Gasteiger partial charge in [-0.15, -0.1) is 0 Å². The number of furan rings is 1. The molecular formula is C16H18FNO. The van der Waals surface area contributed by atoms with Crippen LogP contribution in [0.15, 0.2) is 41.0 Å². The highest BCUT2D eigenvalue weighted by Crippen LogP contribution is 2.32. The van der Waals surface area contributed by atoms with Crippen molar-refractivity contribution in [3.63, 3.8) is 0 Å². The molecule has 2 atom stereocenters. The summed E-state index contributed by atoms with van der Waals surface area (Å²) in [5.41, 5.74) is 2.38. The highest BCUT2D eigenvalue weighted by atomic mass is 19.1. The molecule has 0 radical (unpaired) electrons. The van der Waals surface area contributed by atoms with Crippen LogP contribution in [-0.2, 0) is 12.8 Å². The summed E-state index contributed by atoms with van der Waals surface area (Å²) in [6, 6.07) is 9.71. The summed E-state index contributed by atoms with van der Waals surface area (Å²) in [4.78, 5) is 0. The number of benzene rings is 1. The second-order valence-corrected chi connectivity index (χ2v) is 5.29. The van der Waals surface area contributed by atoms with Gasteiger partial charge in [-0.25, -0.2) is 4.39 Å². The van der Waals surface area contributed by atoms with Crippen LogP contribution in [0, 0.1) is 5.82 Å². The van der Waals surface area contributed by atoms with Gasteiger partial charge in [0.1, 0.15) is 11.6 Å². The van der Waals surface area contributed by atoms with E-state index in [1.807, 2.05) is 18.2 Å². The van der Waals surface area contributed by atoms with Crippen molar-refractivity contribution >= 4 is 0 Å². The third kappa shape index (κ3) is 2.71. The van der Waals surface area contributed by atoms with Gasteiger partial charge in [0.2, 0.25) is 0 Å². The van der Waals surface area contributed by atoms with Gasteiger partial charge in [-0.1, -0.05) is 6.07 Å². The maximum Gasteiger partial charge on any atom is 0.123 e. The largest absolute Gasteiger partial charge is 0.469 e. The molecule has 1 N–H and O–H groups in total. The fraction of sp³-hybridized carbons (Fsp3) is 0.375. The number of halogens is 1. The number of hydrogen-bond donors (Lipinski definition) is 1. The van der Waals surface area contributed by atoms with Crippen molar-refractivity contribution in [3.05, 3.63) is 59.3 Å². The van der Waals surface area contributed by atoms with Gasteiger partial charge in [-0.2, -0.15) is 0 Å². The normalized spacial score (nSPS) is 19.4. The first-order valence-electron chi connectivity index (χ1n) is 6.79. The molecular weight excluding hydrogens is 241 g/mol. The summed E-state index contributed by atoms with van der Waals surface area (Å²) in [6.07, 6.45) is 4.58. The molecule has 1 aromatic heterocycles. The molecule has 0 saturated heterocycles. The summed E-state index contributed by atoms with van der Waals surface area (Å²) in [5.74, 6) is 0.861. The predicted octanol–water partition coefficient (Wildman–Crippen LogP) is 3.63. The SMILES string of the molecule is CC(Cc1ccco1)NC1CCc2cc(F)ccc21. The third-order valence-electron chi connectivity index (χ3n) is 3.76. The Morgan fingerprint density at radius 3 is 3.11 bits per heavy atom. The Morgan fingerprint density at radius 2 is 2.32 bits per heavy atom. The molecule has 1 aliphatic rings. The maximum atomic E-state index is 13.2. The molecule has 0 aliphatic heterocycles. The second-order valence-electron chi connectivity index (χ2n) is 5.29. The van der Waals surface area contributed by atoms with Crippen molar-refractivity contribution < 1.29 is 8.81 Å². The van der Waals surface area contributed by atoms with E-state index in [0.29, 0.717) is 12.1 Å². The molecule has 2 unspecified atom stereocenters. The summed E-state index contributed by atoms with van der Waals surface area (Å²) in [7, 11) is 0. The lowest BCUT2D eigenvalue weighted by molar-refractivity contribution is 0.415. The smallest absolute Gasteiger partial charge is 0.123 e. The molecule has 0 fully saturated rings. The number of rotatable bonds is 4. The molecule has 0 amide bonds. The Bertz CT molecular complexity index is 550. The Morgan fingerprint density at radius 1 is 1.42 bits per heavy atom. The van der Waals surface area contributed by atoms with Crippen LogP contribution < -0.4 is 5.32 Å². The molecule has 3 rings (SSSR count). The standard InChI is InChI=1S/C16H18FNO/c1-11(9-14-3-2-8-19-14)18-16-7-4-12-10-13(17)5-6-15(12)16/h2-3,5-6,8,10-11,16,18H,4,7,9H2,1H3. The van der Waals surface area contributed by atoms with E-state index in [0.717, 1.165) is 30.6 Å². The monoisotopic (exact) mass is 259 g/mol. The van der Waals surface area contributed by atoms with E-state index in [1.165, 1.54) is 5.56 Å². The van der Waals surface area contributed by atoms with E-state index in [9.17, 15) is 4.39 Å². The van der Waals surface area contributed by atoms with E-state index < -0.39 is 0 Å². The minimum Gasteiger partial charge on any atom is -0.469 e. The van der Waals surface area contributed by atoms with Crippen molar-refractivity contribution in [2.75, 3.05) is 0 Å². The average Bonchev–Trinajstić information content (AvgIpc) is 2.99. The van der Waals surface area contributed by atoms with Gasteiger partial charge >= 0.3 is 0 Å². The topological polar surface area (TPSA) is 25.2 Å². The predicted molar refractivity (Wildman–Crippen MR) is 72.5 cm³/mol. The van der Waals surface area contributed by atoms with Crippen LogP contribution in [0.5, 0.6) is 0 Å². The Kier molecular flexibility index (Phi) is 3.38. The van der Waals surface area contributed by atoms with Crippen molar-refractivity contribution in [2.24, 2.45) is 0 Å². The maximum absolute atomic E-state index is 13.2. The molecule has 3 heteroatoms. The van der Waals surface area contributed by atoms with E-state index in [-0.39, 0.29) is 5.82 Å². The van der Waals surface area contributed by atoms with Crippen molar-refractivity contribution in [1.82, 2.24) is 5.32 Å². The number of hydrogen-bond acceptors (Lipinski definition) is 2. The van der Waals surface area contributed by atoms with Crippen LogP contribution in [0.25, 0.3) is 0 Å². The number of aryl methyl sites for hydroxylation is 1. The van der Waals surface area contributed by atoms with Gasteiger partial charge in [0.05, 0.1) is 6.26 Å². The number of fused-ring (bicyclic) bond motifs is 1. The molecule has 0 spiro atoms. The molecule has 1 aliphatic carbocycles. The van der Waals surface area contributed by atoms with Gasteiger partial charge in [0.15, 0.2) is 0 Å². The van der Waals surface area contributed by atoms with E-state index >= 15 is 0 Å². The van der Waals surface area contributed by atoms with Gasteiger partial charge < -0.3 is 9.73 Å². The summed E-state index contributed by atoms with van der Waals surface area (Å²) >= 11 is 0. The molecule has 2 aromatic rings. The Labute approximate surface area is 112 Å². The van der Waals surface area contributed by atoms with Gasteiger partial charge in [0.25, 0.3) is 0 Å². The highest BCUT2D eigenvalue weighted by Gasteiger charge is 2.24. The second kappa shape index (κ2) is 5.17. The van der Waals surface area contributed by atoms with Gasteiger partial charge in [-0.05, 0) is 55.2 Å². The zero-order chi connectivity index (χ0) is 13.2. The lowest BCUT2D eigenvalue weighted by Crippen LogP contribution is -2.31. The fourth-order valence-corrected chi connectivity index (χ4v) is 2.89. The molecule has 19 heavy (non-hydrogen) atoms. The minimum absolute atomic E-state index is 0.136. The van der Waals surface area contributed by atoms with Gasteiger partial charge in [-0.3, -0.25) is 0 Å². The molecule has 100 valence electrons. The lowest BCUT2D eigenvalue weighted by atomic mass is 10.1.